The van der Waals surface area contributed by atoms with E-state index in [2.05, 4.69) is 150 Å². The van der Waals surface area contributed by atoms with E-state index in [-0.39, 0.29) is 0 Å². The normalized spacial score (nSPS) is 15.1. The van der Waals surface area contributed by atoms with Crippen molar-refractivity contribution in [3.8, 4) is 11.4 Å². The van der Waals surface area contributed by atoms with Gasteiger partial charge in [-0.05, 0) is 83.6 Å². The van der Waals surface area contributed by atoms with Crippen LogP contribution in [-0.2, 0) is 6.42 Å². The van der Waals surface area contributed by atoms with Crippen LogP contribution in [0.3, 0.4) is 0 Å². The lowest BCUT2D eigenvalue weighted by molar-refractivity contribution is 0.738. The number of aromatic nitrogens is 2. The molecule has 0 bridgehead atoms. The summed E-state index contributed by atoms with van der Waals surface area (Å²) < 4.78 is 4.83. The van der Waals surface area contributed by atoms with Gasteiger partial charge in [0.05, 0.1) is 22.2 Å². The Kier molecular flexibility index (Phi) is 4.90. The van der Waals surface area contributed by atoms with Crippen molar-refractivity contribution < 1.29 is 0 Å². The Labute approximate surface area is 228 Å². The first-order valence-electron chi connectivity index (χ1n) is 13.8. The number of para-hydroxylation sites is 4. The molecule has 0 fully saturated rings. The maximum atomic E-state index is 2.45. The fourth-order valence-corrected chi connectivity index (χ4v) is 6.63. The van der Waals surface area contributed by atoms with E-state index in [9.17, 15) is 0 Å². The van der Waals surface area contributed by atoms with Crippen molar-refractivity contribution in [3.63, 3.8) is 0 Å². The van der Waals surface area contributed by atoms with E-state index in [4.69, 9.17) is 0 Å². The summed E-state index contributed by atoms with van der Waals surface area (Å²) in [5.74, 6) is 0.424. The molecule has 0 amide bonds. The summed E-state index contributed by atoms with van der Waals surface area (Å²) in [4.78, 5) is 0. The second-order valence-corrected chi connectivity index (χ2v) is 10.7. The molecule has 1 aliphatic rings. The van der Waals surface area contributed by atoms with Crippen LogP contribution in [0.4, 0.5) is 0 Å². The van der Waals surface area contributed by atoms with Gasteiger partial charge in [-0.3, -0.25) is 0 Å². The molecule has 7 aromatic rings. The second-order valence-electron chi connectivity index (χ2n) is 10.7. The summed E-state index contributed by atoms with van der Waals surface area (Å²) in [6.45, 7) is 2.38. The minimum Gasteiger partial charge on any atom is -0.310 e. The molecule has 2 nitrogen and oxygen atoms in total. The minimum atomic E-state index is 0.424. The largest absolute Gasteiger partial charge is 0.310 e. The quantitative estimate of drug-likeness (QED) is 0.229. The van der Waals surface area contributed by atoms with Crippen LogP contribution in [0.15, 0.2) is 127 Å². The van der Waals surface area contributed by atoms with Crippen LogP contribution in [0.5, 0.6) is 0 Å². The third kappa shape index (κ3) is 3.35. The summed E-state index contributed by atoms with van der Waals surface area (Å²) in [6.07, 6.45) is 3.49. The molecule has 0 N–H and O–H groups in total. The summed E-state index contributed by atoms with van der Waals surface area (Å²) in [6, 6.07) is 46.1. The van der Waals surface area contributed by atoms with E-state index in [1.807, 2.05) is 0 Å². The average Bonchev–Trinajstić information content (AvgIpc) is 3.50. The van der Waals surface area contributed by atoms with E-state index in [0.717, 1.165) is 6.42 Å². The molecule has 2 heteroatoms. The van der Waals surface area contributed by atoms with Crippen LogP contribution in [0.2, 0.25) is 0 Å². The van der Waals surface area contributed by atoms with Crippen molar-refractivity contribution >= 4 is 44.4 Å². The topological polar surface area (TPSA) is 9.86 Å². The molecular formula is C37H28N2. The number of allylic oxidation sites excluding steroid dienone is 1. The maximum Gasteiger partial charge on any atom is 0.0541 e. The van der Waals surface area contributed by atoms with Gasteiger partial charge in [0.1, 0.15) is 0 Å². The van der Waals surface area contributed by atoms with Gasteiger partial charge in [-0.1, -0.05) is 85.8 Å². The summed E-state index contributed by atoms with van der Waals surface area (Å²) in [7, 11) is 0. The molecule has 39 heavy (non-hydrogen) atoms. The summed E-state index contributed by atoms with van der Waals surface area (Å²) in [5, 5.41) is 3.95. The molecule has 1 atom stereocenters. The lowest BCUT2D eigenvalue weighted by atomic mass is 9.82. The molecule has 2 heterocycles. The molecule has 1 aliphatic carbocycles. The zero-order valence-electron chi connectivity index (χ0n) is 21.9. The van der Waals surface area contributed by atoms with Crippen molar-refractivity contribution in [2.75, 3.05) is 0 Å². The highest BCUT2D eigenvalue weighted by Crippen LogP contribution is 2.42. The van der Waals surface area contributed by atoms with E-state index < -0.39 is 0 Å². The van der Waals surface area contributed by atoms with Crippen molar-refractivity contribution in [1.82, 2.24) is 9.13 Å². The van der Waals surface area contributed by atoms with Crippen molar-refractivity contribution in [3.05, 3.63) is 144 Å². The highest BCUT2D eigenvalue weighted by Gasteiger charge is 2.26. The first kappa shape index (κ1) is 22.2. The molecule has 0 saturated carbocycles. The Hall–Kier alpha value is -4.82. The third-order valence-corrected chi connectivity index (χ3v) is 8.39. The molecule has 1 unspecified atom stereocenters. The van der Waals surface area contributed by atoms with Crippen LogP contribution in [0.1, 0.15) is 23.7 Å². The zero-order valence-corrected chi connectivity index (χ0v) is 21.9. The Morgan fingerprint density at radius 2 is 1.10 bits per heavy atom. The maximum absolute atomic E-state index is 2.45. The smallest absolute Gasteiger partial charge is 0.0541 e. The van der Waals surface area contributed by atoms with Gasteiger partial charge in [-0.2, -0.15) is 0 Å². The zero-order chi connectivity index (χ0) is 25.9. The summed E-state index contributed by atoms with van der Waals surface area (Å²) >= 11 is 0. The number of hydrogen-bond donors (Lipinski definition) is 0. The van der Waals surface area contributed by atoms with Crippen LogP contribution in [-0.4, -0.2) is 9.13 Å². The van der Waals surface area contributed by atoms with Gasteiger partial charge in [-0.15, -0.1) is 0 Å². The Morgan fingerprint density at radius 3 is 1.82 bits per heavy atom. The molecule has 0 spiro atoms. The third-order valence-electron chi connectivity index (χ3n) is 8.39. The number of nitrogens with zero attached hydrogens (tertiary/aromatic N) is 2. The van der Waals surface area contributed by atoms with Crippen molar-refractivity contribution in [1.29, 1.82) is 0 Å². The SMILES string of the molecule is CC1Cc2c(n(-c3ccccc3)c3ccccc23)C=C1c1ccc2c(c1)c1ccccc1n2-c1ccccc1. The number of rotatable bonds is 3. The predicted molar refractivity (Wildman–Crippen MR) is 165 cm³/mol. The van der Waals surface area contributed by atoms with Gasteiger partial charge in [0.15, 0.2) is 0 Å². The molecule has 186 valence electrons. The fourth-order valence-electron chi connectivity index (χ4n) is 6.63. The number of fused-ring (bicyclic) bond motifs is 6. The van der Waals surface area contributed by atoms with E-state index in [0.29, 0.717) is 5.92 Å². The van der Waals surface area contributed by atoms with Gasteiger partial charge in [0.25, 0.3) is 0 Å². The molecule has 0 saturated heterocycles. The summed E-state index contributed by atoms with van der Waals surface area (Å²) in [5.41, 5.74) is 11.6. The van der Waals surface area contributed by atoms with E-state index >= 15 is 0 Å². The fraction of sp³-hybridized carbons (Fsp3) is 0.0811. The monoisotopic (exact) mass is 500 g/mol. The van der Waals surface area contributed by atoms with Gasteiger partial charge >= 0.3 is 0 Å². The van der Waals surface area contributed by atoms with Gasteiger partial charge < -0.3 is 9.13 Å². The average molecular weight is 501 g/mol. The number of hydrogen-bond acceptors (Lipinski definition) is 0. The standard InChI is InChI=1S/C37H28N2/c1-25-22-32-29-16-8-11-19-35(29)39(28-14-6-3-7-15-28)37(32)24-31(25)26-20-21-36-33(23-26)30-17-9-10-18-34(30)38(36)27-12-4-2-5-13-27/h2-21,23-25H,22H2,1H3. The first-order chi connectivity index (χ1) is 19.3. The first-order valence-corrected chi connectivity index (χ1v) is 13.8. The van der Waals surface area contributed by atoms with Crippen molar-refractivity contribution in [2.45, 2.75) is 13.3 Å². The minimum absolute atomic E-state index is 0.424. The molecule has 0 radical (unpaired) electrons. The highest BCUT2D eigenvalue weighted by molar-refractivity contribution is 6.10. The molecule has 8 rings (SSSR count). The lowest BCUT2D eigenvalue weighted by Crippen LogP contribution is -2.10. The van der Waals surface area contributed by atoms with E-state index in [1.54, 1.807) is 0 Å². The lowest BCUT2D eigenvalue weighted by Gasteiger charge is -2.23. The van der Waals surface area contributed by atoms with Crippen LogP contribution in [0.25, 0.3) is 55.7 Å². The predicted octanol–water partition coefficient (Wildman–Crippen LogP) is 9.46. The molecule has 0 aliphatic heterocycles. The highest BCUT2D eigenvalue weighted by atomic mass is 15.0. The van der Waals surface area contributed by atoms with Crippen molar-refractivity contribution in [2.24, 2.45) is 5.92 Å². The molecule has 5 aromatic carbocycles. The Bertz CT molecular complexity index is 2040. The second kappa shape index (κ2) is 8.61. The Balaban J connectivity index is 1.37. The number of benzene rings is 5. The molecule has 2 aromatic heterocycles. The van der Waals surface area contributed by atoms with Gasteiger partial charge in [-0.25, -0.2) is 0 Å². The van der Waals surface area contributed by atoms with E-state index in [1.165, 1.54) is 66.5 Å². The Morgan fingerprint density at radius 1 is 0.538 bits per heavy atom. The van der Waals surface area contributed by atoms with Crippen LogP contribution < -0.4 is 0 Å². The van der Waals surface area contributed by atoms with Gasteiger partial charge in [0, 0.05) is 27.5 Å². The van der Waals surface area contributed by atoms with Crippen LogP contribution >= 0.6 is 0 Å². The van der Waals surface area contributed by atoms with Crippen LogP contribution in [0, 0.1) is 5.92 Å². The molecular weight excluding hydrogens is 472 g/mol. The van der Waals surface area contributed by atoms with Gasteiger partial charge in [0.2, 0.25) is 0 Å².